The van der Waals surface area contributed by atoms with Crippen molar-refractivity contribution in [1.82, 2.24) is 4.90 Å². The van der Waals surface area contributed by atoms with Crippen LogP contribution >= 0.6 is 0 Å². The van der Waals surface area contributed by atoms with Crippen LogP contribution in [-0.4, -0.2) is 40.6 Å². The summed E-state index contributed by atoms with van der Waals surface area (Å²) in [6.45, 7) is 2.99. The van der Waals surface area contributed by atoms with Crippen molar-refractivity contribution in [1.29, 1.82) is 0 Å². The fourth-order valence-electron chi connectivity index (χ4n) is 3.46. The lowest BCUT2D eigenvalue weighted by molar-refractivity contribution is -0.143. The molecule has 0 aromatic heterocycles. The van der Waals surface area contributed by atoms with Gasteiger partial charge in [0.25, 0.3) is 0 Å². The first-order valence-corrected chi connectivity index (χ1v) is 7.77. The Labute approximate surface area is 116 Å². The molecule has 0 radical (unpaired) electrons. The summed E-state index contributed by atoms with van der Waals surface area (Å²) in [6, 6.07) is 0.372. The van der Waals surface area contributed by atoms with Crippen molar-refractivity contribution in [3.8, 4) is 0 Å². The molecule has 2 fully saturated rings. The van der Waals surface area contributed by atoms with E-state index in [9.17, 15) is 4.79 Å². The van der Waals surface area contributed by atoms with Crippen molar-refractivity contribution in [3.63, 3.8) is 0 Å². The van der Waals surface area contributed by atoms with Crippen LogP contribution in [0.4, 0.5) is 0 Å². The molecule has 1 amide bonds. The molecule has 2 saturated carbocycles. The maximum absolute atomic E-state index is 12.8. The first kappa shape index (κ1) is 14.8. The van der Waals surface area contributed by atoms with E-state index >= 15 is 0 Å². The van der Waals surface area contributed by atoms with Crippen LogP contribution in [0, 0.1) is 5.92 Å². The molecule has 0 aliphatic heterocycles. The van der Waals surface area contributed by atoms with Crippen molar-refractivity contribution in [2.45, 2.75) is 69.9 Å². The molecule has 19 heavy (non-hydrogen) atoms. The summed E-state index contributed by atoms with van der Waals surface area (Å²) in [5.41, 5.74) is 5.78. The molecule has 2 unspecified atom stereocenters. The zero-order valence-electron chi connectivity index (χ0n) is 12.1. The van der Waals surface area contributed by atoms with E-state index in [2.05, 4.69) is 6.92 Å². The number of hydrogen-bond acceptors (Lipinski definition) is 3. The van der Waals surface area contributed by atoms with Gasteiger partial charge in [-0.3, -0.25) is 4.79 Å². The summed E-state index contributed by atoms with van der Waals surface area (Å²) in [7, 11) is 0. The lowest BCUT2D eigenvalue weighted by Crippen LogP contribution is -2.60. The van der Waals surface area contributed by atoms with Crippen molar-refractivity contribution in [2.24, 2.45) is 11.7 Å². The van der Waals surface area contributed by atoms with Crippen molar-refractivity contribution >= 4 is 5.91 Å². The second kappa shape index (κ2) is 6.23. The van der Waals surface area contributed by atoms with Gasteiger partial charge < -0.3 is 15.7 Å². The van der Waals surface area contributed by atoms with Crippen LogP contribution in [0.2, 0.25) is 0 Å². The zero-order chi connectivity index (χ0) is 13.9. The van der Waals surface area contributed by atoms with Crippen LogP contribution in [0.15, 0.2) is 0 Å². The lowest BCUT2D eigenvalue weighted by Gasteiger charge is -2.44. The topological polar surface area (TPSA) is 66.6 Å². The quantitative estimate of drug-likeness (QED) is 0.797. The van der Waals surface area contributed by atoms with E-state index in [0.29, 0.717) is 24.9 Å². The molecule has 0 aromatic rings. The SMILES string of the molecule is CC1CCCC(N)(C(=O)N(CCCO)C2CCC2)C1. The van der Waals surface area contributed by atoms with E-state index in [1.807, 2.05) is 4.90 Å². The van der Waals surface area contributed by atoms with Gasteiger partial charge in [-0.2, -0.15) is 0 Å². The minimum Gasteiger partial charge on any atom is -0.396 e. The number of aliphatic hydroxyl groups is 1. The highest BCUT2D eigenvalue weighted by atomic mass is 16.3. The van der Waals surface area contributed by atoms with Gasteiger partial charge in [0, 0.05) is 19.2 Å². The highest BCUT2D eigenvalue weighted by Crippen LogP contribution is 2.34. The molecule has 4 heteroatoms. The summed E-state index contributed by atoms with van der Waals surface area (Å²) in [5.74, 6) is 0.681. The summed E-state index contributed by atoms with van der Waals surface area (Å²) in [4.78, 5) is 14.8. The van der Waals surface area contributed by atoms with Crippen LogP contribution in [0.3, 0.4) is 0 Å². The number of nitrogens with zero attached hydrogens (tertiary/aromatic N) is 1. The molecule has 0 bridgehead atoms. The summed E-state index contributed by atoms with van der Waals surface area (Å²) >= 11 is 0. The molecular weight excluding hydrogens is 240 g/mol. The van der Waals surface area contributed by atoms with Gasteiger partial charge in [-0.15, -0.1) is 0 Å². The molecule has 0 heterocycles. The molecule has 0 saturated heterocycles. The standard InChI is InChI=1S/C15H28N2O2/c1-12-5-3-8-15(16,11-12)14(19)17(9-4-10-18)13-6-2-7-13/h12-13,18H,2-11,16H2,1H3. The summed E-state index contributed by atoms with van der Waals surface area (Å²) < 4.78 is 0. The summed E-state index contributed by atoms with van der Waals surface area (Å²) in [6.07, 6.45) is 7.95. The van der Waals surface area contributed by atoms with E-state index in [1.165, 1.54) is 12.8 Å². The van der Waals surface area contributed by atoms with Crippen molar-refractivity contribution in [2.75, 3.05) is 13.2 Å². The first-order chi connectivity index (χ1) is 9.07. The third-order valence-corrected chi connectivity index (χ3v) is 4.79. The Balaban J connectivity index is 2.04. The second-order valence-corrected chi connectivity index (χ2v) is 6.52. The van der Waals surface area contributed by atoms with Gasteiger partial charge in [-0.25, -0.2) is 0 Å². The van der Waals surface area contributed by atoms with Crippen LogP contribution < -0.4 is 5.73 Å². The molecule has 3 N–H and O–H groups in total. The number of nitrogens with two attached hydrogens (primary N) is 1. The van der Waals surface area contributed by atoms with Crippen LogP contribution in [0.1, 0.15) is 58.3 Å². The average molecular weight is 268 g/mol. The Hall–Kier alpha value is -0.610. The normalized spacial score (nSPS) is 31.8. The minimum absolute atomic E-state index is 0.136. The first-order valence-electron chi connectivity index (χ1n) is 7.77. The lowest BCUT2D eigenvalue weighted by atomic mass is 9.75. The minimum atomic E-state index is -0.650. The highest BCUT2D eigenvalue weighted by molar-refractivity contribution is 5.86. The molecule has 2 aliphatic rings. The highest BCUT2D eigenvalue weighted by Gasteiger charge is 2.42. The van der Waals surface area contributed by atoms with Crippen LogP contribution in [-0.2, 0) is 4.79 Å². The molecule has 2 aliphatic carbocycles. The monoisotopic (exact) mass is 268 g/mol. The Morgan fingerprint density at radius 2 is 2.11 bits per heavy atom. The second-order valence-electron chi connectivity index (χ2n) is 6.52. The molecule has 4 nitrogen and oxygen atoms in total. The van der Waals surface area contributed by atoms with Gasteiger partial charge in [0.1, 0.15) is 0 Å². The van der Waals surface area contributed by atoms with Crippen molar-refractivity contribution in [3.05, 3.63) is 0 Å². The Morgan fingerprint density at radius 3 is 2.63 bits per heavy atom. The average Bonchev–Trinajstić information content (AvgIpc) is 2.30. The number of rotatable bonds is 5. The maximum atomic E-state index is 12.8. The van der Waals surface area contributed by atoms with Gasteiger partial charge in [-0.1, -0.05) is 19.8 Å². The largest absolute Gasteiger partial charge is 0.396 e. The van der Waals surface area contributed by atoms with Gasteiger partial charge in [-0.05, 0) is 44.4 Å². The fraction of sp³-hybridized carbons (Fsp3) is 0.933. The van der Waals surface area contributed by atoms with Gasteiger partial charge in [0.15, 0.2) is 0 Å². The van der Waals surface area contributed by atoms with E-state index in [1.54, 1.807) is 0 Å². The van der Waals surface area contributed by atoms with Crippen LogP contribution in [0.25, 0.3) is 0 Å². The predicted octanol–water partition coefficient (Wildman–Crippen LogP) is 1.66. The number of hydrogen-bond donors (Lipinski definition) is 2. The smallest absolute Gasteiger partial charge is 0.242 e. The van der Waals surface area contributed by atoms with E-state index in [-0.39, 0.29) is 12.5 Å². The molecule has 2 rings (SSSR count). The zero-order valence-corrected chi connectivity index (χ0v) is 12.1. The molecule has 0 aromatic carbocycles. The molecular formula is C15H28N2O2. The Morgan fingerprint density at radius 1 is 1.37 bits per heavy atom. The molecule has 110 valence electrons. The van der Waals surface area contributed by atoms with Crippen molar-refractivity contribution < 1.29 is 9.90 Å². The van der Waals surface area contributed by atoms with E-state index in [0.717, 1.165) is 32.1 Å². The Bertz CT molecular complexity index is 317. The number of amides is 1. The van der Waals surface area contributed by atoms with E-state index < -0.39 is 5.54 Å². The molecule has 2 atom stereocenters. The van der Waals surface area contributed by atoms with E-state index in [4.69, 9.17) is 10.8 Å². The predicted molar refractivity (Wildman–Crippen MR) is 75.6 cm³/mol. The summed E-state index contributed by atoms with van der Waals surface area (Å²) in [5, 5.41) is 9.02. The Kier molecular flexibility index (Phi) is 4.85. The number of aliphatic hydroxyl groups excluding tert-OH is 1. The molecule has 0 spiro atoms. The number of carbonyl (C=O) groups is 1. The van der Waals surface area contributed by atoms with Gasteiger partial charge >= 0.3 is 0 Å². The van der Waals surface area contributed by atoms with Gasteiger partial charge in [0.2, 0.25) is 5.91 Å². The third-order valence-electron chi connectivity index (χ3n) is 4.79. The fourth-order valence-corrected chi connectivity index (χ4v) is 3.46. The third kappa shape index (κ3) is 3.29. The number of carbonyl (C=O) groups excluding carboxylic acids is 1. The van der Waals surface area contributed by atoms with Crippen LogP contribution in [0.5, 0.6) is 0 Å². The van der Waals surface area contributed by atoms with Gasteiger partial charge in [0.05, 0.1) is 5.54 Å². The maximum Gasteiger partial charge on any atom is 0.242 e.